The summed E-state index contributed by atoms with van der Waals surface area (Å²) < 4.78 is 0. The second kappa shape index (κ2) is 6.92. The number of halogens is 4. The maximum atomic E-state index is 5.01. The first-order chi connectivity index (χ1) is 2.00. The third-order valence-corrected chi connectivity index (χ3v) is 0. The monoisotopic (exact) mass is 377 g/mol. The van der Waals surface area contributed by atoms with E-state index in [0.29, 0.717) is 0 Å². The molecule has 0 aliphatic rings. The molecule has 2 N–H and O–H groups in total. The van der Waals surface area contributed by atoms with Gasteiger partial charge in [0.05, 0.1) is 0 Å². The van der Waals surface area contributed by atoms with E-state index in [-0.39, 0.29) is 35.0 Å². The van der Waals surface area contributed by atoms with Gasteiger partial charge in [0.2, 0.25) is 0 Å². The second-order valence-electron chi connectivity index (χ2n) is 0.271. The molecule has 0 aromatic rings. The Bertz CT molecular complexity index is 27.2. The van der Waals surface area contributed by atoms with Gasteiger partial charge in [0.25, 0.3) is 0 Å². The van der Waals surface area contributed by atoms with Crippen molar-refractivity contribution in [3.8, 4) is 0 Å². The first-order valence-electron chi connectivity index (χ1n) is 0.478. The molecule has 0 aromatic carbocycles. The van der Waals surface area contributed by atoms with Crippen molar-refractivity contribution in [3.63, 3.8) is 0 Å². The average Bonchev–Trinajstić information content (AvgIpc) is 0.722. The van der Waals surface area contributed by atoms with Gasteiger partial charge in [0, 0.05) is 0 Å². The van der Waals surface area contributed by atoms with Crippen molar-refractivity contribution in [3.05, 3.63) is 0 Å². The van der Waals surface area contributed by atoms with Gasteiger partial charge >= 0.3 is 79.1 Å². The van der Waals surface area contributed by atoms with E-state index in [4.69, 9.17) is 37.7 Å². The molecule has 48 valence electrons. The molecule has 0 aliphatic carbocycles. The molecular formula is H3Cl4NaOPt. The fourth-order valence-corrected chi connectivity index (χ4v) is 0. The Morgan fingerprint density at radius 2 is 0.857 bits per heavy atom. The average molecular weight is 379 g/mol. The summed E-state index contributed by atoms with van der Waals surface area (Å²) in [5.41, 5.74) is 0. The molecule has 0 amide bonds. The van der Waals surface area contributed by atoms with E-state index >= 15 is 0 Å². The summed E-state index contributed by atoms with van der Waals surface area (Å²) in [5, 5.41) is 0. The molecule has 0 saturated heterocycles. The van der Waals surface area contributed by atoms with Crippen LogP contribution in [0.3, 0.4) is 0 Å². The van der Waals surface area contributed by atoms with Crippen molar-refractivity contribution in [1.82, 2.24) is 0 Å². The van der Waals surface area contributed by atoms with Gasteiger partial charge in [-0.25, -0.2) is 0 Å². The zero-order chi connectivity index (χ0) is 4.50. The Morgan fingerprint density at radius 3 is 0.857 bits per heavy atom. The van der Waals surface area contributed by atoms with E-state index in [0.717, 1.165) is 0 Å². The Labute approximate surface area is 83.1 Å². The summed E-state index contributed by atoms with van der Waals surface area (Å²) in [6.07, 6.45) is 0. The molecule has 7 heavy (non-hydrogen) atoms. The molecule has 1 nitrogen and oxygen atoms in total. The summed E-state index contributed by atoms with van der Waals surface area (Å²) in [4.78, 5) is 0. The second-order valence-corrected chi connectivity index (χ2v) is 20.0. The van der Waals surface area contributed by atoms with Gasteiger partial charge in [-0.2, -0.15) is 0 Å². The van der Waals surface area contributed by atoms with Crippen molar-refractivity contribution in [2.45, 2.75) is 0 Å². The summed E-state index contributed by atoms with van der Waals surface area (Å²) in [7, 11) is 20.0. The van der Waals surface area contributed by atoms with Gasteiger partial charge in [-0.05, 0) is 0 Å². The van der Waals surface area contributed by atoms with E-state index in [1.54, 1.807) is 0 Å². The molecule has 7 heteroatoms. The SMILES string of the molecule is O.[Cl][Pt]([Cl])([Cl])[Cl].[NaH]. The summed E-state index contributed by atoms with van der Waals surface area (Å²) >= 11 is -3.06. The fourth-order valence-electron chi connectivity index (χ4n) is 0. The molecule has 0 spiro atoms. The van der Waals surface area contributed by atoms with Crippen molar-refractivity contribution in [2.75, 3.05) is 0 Å². The minimum absolute atomic E-state index is 0. The van der Waals surface area contributed by atoms with Crippen molar-refractivity contribution < 1.29 is 17.4 Å². The van der Waals surface area contributed by atoms with E-state index in [9.17, 15) is 0 Å². The third kappa shape index (κ3) is 51.8. The first kappa shape index (κ1) is 16.4. The molecule has 0 saturated carbocycles. The molecular weight excluding hydrogens is 376 g/mol. The van der Waals surface area contributed by atoms with Crippen LogP contribution < -0.4 is 0 Å². The van der Waals surface area contributed by atoms with E-state index in [1.807, 2.05) is 0 Å². The molecule has 0 aromatic heterocycles. The Kier molecular flexibility index (Phi) is 16.2. The van der Waals surface area contributed by atoms with Crippen LogP contribution in [0.4, 0.5) is 0 Å². The molecule has 0 fully saturated rings. The fraction of sp³-hybridized carbons (Fsp3) is 0. The van der Waals surface area contributed by atoms with Crippen LogP contribution >= 0.6 is 37.7 Å². The standard InChI is InChI=1S/4ClH.Na.H2O.Pt.H/h4*1H;;1H2;;/q;;;;;;+4;/p-4. The van der Waals surface area contributed by atoms with Crippen molar-refractivity contribution >= 4 is 67.2 Å². The van der Waals surface area contributed by atoms with Crippen LogP contribution in [-0.4, -0.2) is 35.0 Å². The van der Waals surface area contributed by atoms with Crippen LogP contribution in [0.1, 0.15) is 0 Å². The zero-order valence-corrected chi connectivity index (χ0v) is 7.62. The van der Waals surface area contributed by atoms with Crippen molar-refractivity contribution in [2.24, 2.45) is 0 Å². The van der Waals surface area contributed by atoms with Crippen LogP contribution in [0, 0.1) is 0 Å². The third-order valence-electron chi connectivity index (χ3n) is 0. The predicted molar refractivity (Wildman–Crippen MR) is 34.2 cm³/mol. The van der Waals surface area contributed by atoms with Crippen molar-refractivity contribution in [1.29, 1.82) is 0 Å². The Morgan fingerprint density at radius 1 is 0.857 bits per heavy atom. The molecule has 0 radical (unpaired) electrons. The van der Waals surface area contributed by atoms with E-state index in [2.05, 4.69) is 0 Å². The zero-order valence-electron chi connectivity index (χ0n) is 2.33. The van der Waals surface area contributed by atoms with Crippen LogP contribution in [0.25, 0.3) is 0 Å². The molecule has 0 heterocycles. The van der Waals surface area contributed by atoms with Crippen LogP contribution in [0.15, 0.2) is 0 Å². The molecule has 0 bridgehead atoms. The molecule has 0 unspecified atom stereocenters. The maximum absolute atomic E-state index is 5.01. The van der Waals surface area contributed by atoms with E-state index in [1.165, 1.54) is 0 Å². The molecule has 0 rings (SSSR count). The summed E-state index contributed by atoms with van der Waals surface area (Å²) in [6.45, 7) is 0. The van der Waals surface area contributed by atoms with Gasteiger partial charge in [-0.1, -0.05) is 0 Å². The van der Waals surface area contributed by atoms with Gasteiger partial charge in [0.15, 0.2) is 0 Å². The normalized spacial score (nSPS) is 10.9. The summed E-state index contributed by atoms with van der Waals surface area (Å²) in [5.74, 6) is 0. The number of rotatable bonds is 0. The van der Waals surface area contributed by atoms with Crippen LogP contribution in [0.2, 0.25) is 0 Å². The van der Waals surface area contributed by atoms with Crippen LogP contribution in [0.5, 0.6) is 0 Å². The van der Waals surface area contributed by atoms with Gasteiger partial charge in [-0.15, -0.1) is 0 Å². The Hall–Kier alpha value is 2.81. The first-order valence-corrected chi connectivity index (χ1v) is 11.7. The van der Waals surface area contributed by atoms with Crippen LogP contribution in [-0.2, 0) is 11.9 Å². The van der Waals surface area contributed by atoms with Gasteiger partial charge in [0.1, 0.15) is 0 Å². The topological polar surface area (TPSA) is 31.5 Å². The van der Waals surface area contributed by atoms with Gasteiger partial charge in [-0.3, -0.25) is 0 Å². The van der Waals surface area contributed by atoms with E-state index < -0.39 is 11.9 Å². The van der Waals surface area contributed by atoms with Gasteiger partial charge < -0.3 is 5.48 Å². The molecule has 0 atom stereocenters. The number of hydrogen-bond donors (Lipinski definition) is 0. The molecule has 0 aliphatic heterocycles. The summed E-state index contributed by atoms with van der Waals surface area (Å²) in [6, 6.07) is 0. The minimum atomic E-state index is -3.06. The quantitative estimate of drug-likeness (QED) is 0.569. The Balaban J connectivity index is -0.0000000800. The predicted octanol–water partition coefficient (Wildman–Crippen LogP) is 1.28. The number of hydrogen-bond acceptors (Lipinski definition) is 0.